The van der Waals surface area contributed by atoms with Crippen LogP contribution in [0.5, 0.6) is 0 Å². The summed E-state index contributed by atoms with van der Waals surface area (Å²) in [6.45, 7) is 5.83. The number of hydrogen-bond acceptors (Lipinski definition) is 3. The van der Waals surface area contributed by atoms with E-state index in [-0.39, 0.29) is 12.3 Å². The van der Waals surface area contributed by atoms with Gasteiger partial charge >= 0.3 is 5.97 Å². The molecule has 0 aromatic carbocycles. The second-order valence-corrected chi connectivity index (χ2v) is 4.47. The number of carbonyl (C=O) groups is 2. The highest BCUT2D eigenvalue weighted by molar-refractivity contribution is 5.76. The standard InChI is InChI=1S/C12H22N2O3/c1-2-4-11(15)14-7-3-6-13(9-10-14)8-5-12(16)17/h2-10H2,1H3,(H,16,17). The molecule has 0 aromatic heterocycles. The zero-order valence-corrected chi connectivity index (χ0v) is 10.5. The molecule has 0 radical (unpaired) electrons. The minimum absolute atomic E-state index is 0.183. The first-order valence-corrected chi connectivity index (χ1v) is 6.35. The molecule has 0 saturated carbocycles. The minimum Gasteiger partial charge on any atom is -0.481 e. The molecular weight excluding hydrogens is 220 g/mol. The molecule has 5 heteroatoms. The molecule has 1 fully saturated rings. The average Bonchev–Trinajstić information content (AvgIpc) is 2.52. The minimum atomic E-state index is -0.756. The first-order chi connectivity index (χ1) is 8.13. The molecule has 1 rings (SSSR count). The molecule has 1 amide bonds. The van der Waals surface area contributed by atoms with Gasteiger partial charge in [0.05, 0.1) is 6.42 Å². The molecule has 1 heterocycles. The van der Waals surface area contributed by atoms with Crippen molar-refractivity contribution in [3.63, 3.8) is 0 Å². The van der Waals surface area contributed by atoms with E-state index in [2.05, 4.69) is 4.90 Å². The first kappa shape index (κ1) is 14.0. The van der Waals surface area contributed by atoms with Gasteiger partial charge in [0, 0.05) is 32.6 Å². The van der Waals surface area contributed by atoms with Gasteiger partial charge in [0.15, 0.2) is 0 Å². The summed E-state index contributed by atoms with van der Waals surface area (Å²) in [6.07, 6.45) is 2.63. The second-order valence-electron chi connectivity index (χ2n) is 4.47. The Hall–Kier alpha value is -1.10. The highest BCUT2D eigenvalue weighted by atomic mass is 16.4. The molecule has 0 bridgehead atoms. The third kappa shape index (κ3) is 5.17. The van der Waals surface area contributed by atoms with Crippen molar-refractivity contribution in [1.82, 2.24) is 9.80 Å². The maximum absolute atomic E-state index is 11.7. The normalized spacial score (nSPS) is 17.8. The summed E-state index contributed by atoms with van der Waals surface area (Å²) < 4.78 is 0. The first-order valence-electron chi connectivity index (χ1n) is 6.35. The zero-order valence-electron chi connectivity index (χ0n) is 10.5. The Balaban J connectivity index is 2.33. The van der Waals surface area contributed by atoms with E-state index >= 15 is 0 Å². The van der Waals surface area contributed by atoms with E-state index in [1.54, 1.807) is 0 Å². The molecule has 1 aliphatic rings. The van der Waals surface area contributed by atoms with Gasteiger partial charge in [0.1, 0.15) is 0 Å². The maximum Gasteiger partial charge on any atom is 0.304 e. The third-order valence-electron chi connectivity index (χ3n) is 3.05. The molecule has 0 unspecified atom stereocenters. The summed E-state index contributed by atoms with van der Waals surface area (Å²) in [6, 6.07) is 0. The predicted molar refractivity (Wildman–Crippen MR) is 64.8 cm³/mol. The number of carboxylic acid groups (broad SMARTS) is 1. The quantitative estimate of drug-likeness (QED) is 0.774. The van der Waals surface area contributed by atoms with Crippen LogP contribution >= 0.6 is 0 Å². The molecule has 1 N–H and O–H groups in total. The molecule has 0 atom stereocenters. The molecule has 5 nitrogen and oxygen atoms in total. The van der Waals surface area contributed by atoms with Crippen LogP contribution in [0.15, 0.2) is 0 Å². The number of carbonyl (C=O) groups excluding carboxylic acids is 1. The molecular formula is C12H22N2O3. The lowest BCUT2D eigenvalue weighted by Crippen LogP contribution is -2.35. The lowest BCUT2D eigenvalue weighted by Gasteiger charge is -2.21. The van der Waals surface area contributed by atoms with E-state index in [0.717, 1.165) is 39.0 Å². The van der Waals surface area contributed by atoms with Gasteiger partial charge < -0.3 is 14.9 Å². The van der Waals surface area contributed by atoms with Gasteiger partial charge in [-0.2, -0.15) is 0 Å². The number of nitrogens with zero attached hydrogens (tertiary/aromatic N) is 2. The number of hydrogen-bond donors (Lipinski definition) is 1. The van der Waals surface area contributed by atoms with Gasteiger partial charge in [-0.15, -0.1) is 0 Å². The van der Waals surface area contributed by atoms with Gasteiger partial charge in [0.25, 0.3) is 0 Å². The van der Waals surface area contributed by atoms with Crippen LogP contribution in [0.3, 0.4) is 0 Å². The average molecular weight is 242 g/mol. The van der Waals surface area contributed by atoms with E-state index in [1.807, 2.05) is 11.8 Å². The van der Waals surface area contributed by atoms with Gasteiger partial charge in [-0.05, 0) is 19.4 Å². The molecule has 98 valence electrons. The molecule has 1 aliphatic heterocycles. The Morgan fingerprint density at radius 1 is 1.12 bits per heavy atom. The van der Waals surface area contributed by atoms with Crippen molar-refractivity contribution < 1.29 is 14.7 Å². The van der Waals surface area contributed by atoms with Crippen LogP contribution in [0.4, 0.5) is 0 Å². The van der Waals surface area contributed by atoms with Crippen LogP contribution in [-0.4, -0.2) is 59.5 Å². The zero-order chi connectivity index (χ0) is 12.7. The lowest BCUT2D eigenvalue weighted by molar-refractivity contribution is -0.137. The molecule has 0 spiro atoms. The van der Waals surface area contributed by atoms with Gasteiger partial charge in [-0.1, -0.05) is 6.92 Å². The molecule has 17 heavy (non-hydrogen) atoms. The second kappa shape index (κ2) is 7.27. The number of amides is 1. The summed E-state index contributed by atoms with van der Waals surface area (Å²) in [5, 5.41) is 8.63. The highest BCUT2D eigenvalue weighted by Gasteiger charge is 2.18. The van der Waals surface area contributed by atoms with E-state index in [1.165, 1.54) is 0 Å². The predicted octanol–water partition coefficient (Wildman–Crippen LogP) is 0.796. The maximum atomic E-state index is 11.7. The van der Waals surface area contributed by atoms with Crippen molar-refractivity contribution in [2.45, 2.75) is 32.6 Å². The van der Waals surface area contributed by atoms with Crippen LogP contribution < -0.4 is 0 Å². The number of carboxylic acids is 1. The van der Waals surface area contributed by atoms with Crippen LogP contribution in [0.1, 0.15) is 32.6 Å². The summed E-state index contributed by atoms with van der Waals surface area (Å²) in [5.74, 6) is -0.527. The fraction of sp³-hybridized carbons (Fsp3) is 0.833. The Morgan fingerprint density at radius 3 is 2.53 bits per heavy atom. The van der Waals surface area contributed by atoms with E-state index in [0.29, 0.717) is 13.0 Å². The van der Waals surface area contributed by atoms with Crippen molar-refractivity contribution in [3.8, 4) is 0 Å². The van der Waals surface area contributed by atoms with E-state index in [9.17, 15) is 9.59 Å². The summed E-state index contributed by atoms with van der Waals surface area (Å²) >= 11 is 0. The van der Waals surface area contributed by atoms with Crippen molar-refractivity contribution in [3.05, 3.63) is 0 Å². The SMILES string of the molecule is CCCC(=O)N1CCCN(CCC(=O)O)CC1. The fourth-order valence-corrected chi connectivity index (χ4v) is 2.07. The van der Waals surface area contributed by atoms with Crippen molar-refractivity contribution >= 4 is 11.9 Å². The Morgan fingerprint density at radius 2 is 1.88 bits per heavy atom. The molecule has 0 aliphatic carbocycles. The summed E-state index contributed by atoms with van der Waals surface area (Å²) in [7, 11) is 0. The van der Waals surface area contributed by atoms with Gasteiger partial charge in [-0.3, -0.25) is 9.59 Å². The van der Waals surface area contributed by atoms with Crippen LogP contribution in [0, 0.1) is 0 Å². The number of aliphatic carboxylic acids is 1. The Kier molecular flexibility index (Phi) is 5.97. The van der Waals surface area contributed by atoms with E-state index in [4.69, 9.17) is 5.11 Å². The largest absolute Gasteiger partial charge is 0.481 e. The highest BCUT2D eigenvalue weighted by Crippen LogP contribution is 2.06. The smallest absolute Gasteiger partial charge is 0.304 e. The van der Waals surface area contributed by atoms with Gasteiger partial charge in [0.2, 0.25) is 5.91 Å². The lowest BCUT2D eigenvalue weighted by atomic mass is 10.3. The topological polar surface area (TPSA) is 60.9 Å². The van der Waals surface area contributed by atoms with Crippen molar-refractivity contribution in [2.24, 2.45) is 0 Å². The van der Waals surface area contributed by atoms with Crippen LogP contribution in [0.25, 0.3) is 0 Å². The summed E-state index contributed by atoms with van der Waals surface area (Å²) in [5.41, 5.74) is 0. The monoisotopic (exact) mass is 242 g/mol. The third-order valence-corrected chi connectivity index (χ3v) is 3.05. The van der Waals surface area contributed by atoms with Crippen molar-refractivity contribution in [1.29, 1.82) is 0 Å². The van der Waals surface area contributed by atoms with Crippen LogP contribution in [0.2, 0.25) is 0 Å². The van der Waals surface area contributed by atoms with Crippen LogP contribution in [-0.2, 0) is 9.59 Å². The molecule has 1 saturated heterocycles. The summed E-state index contributed by atoms with van der Waals surface area (Å²) in [4.78, 5) is 26.3. The Labute approximate surface area is 102 Å². The van der Waals surface area contributed by atoms with Gasteiger partial charge in [-0.25, -0.2) is 0 Å². The molecule has 0 aromatic rings. The van der Waals surface area contributed by atoms with E-state index < -0.39 is 5.97 Å². The fourth-order valence-electron chi connectivity index (χ4n) is 2.07. The van der Waals surface area contributed by atoms with Crippen molar-refractivity contribution in [2.75, 3.05) is 32.7 Å². The number of rotatable bonds is 5. The Bertz CT molecular complexity index is 268.